The van der Waals surface area contributed by atoms with E-state index in [4.69, 9.17) is 0 Å². The molecule has 3 N–H and O–H groups in total. The van der Waals surface area contributed by atoms with E-state index in [1.54, 1.807) is 0 Å². The molecule has 0 aliphatic carbocycles. The smallest absolute Gasteiger partial charge is 0.359 e. The maximum atomic E-state index is 11.9. The summed E-state index contributed by atoms with van der Waals surface area (Å²) in [6, 6.07) is 0. The summed E-state index contributed by atoms with van der Waals surface area (Å²) in [6.45, 7) is 10.7. The average Bonchev–Trinajstić information content (AvgIpc) is 2.37. The Hall–Kier alpha value is -0.980. The lowest BCUT2D eigenvalue weighted by Gasteiger charge is -2.45. The summed E-state index contributed by atoms with van der Waals surface area (Å²) in [5.74, 6) is 0.781. The zero-order valence-corrected chi connectivity index (χ0v) is 14.5. The average molecular weight is 326 g/mol. The number of carbonyl (C=O) groups excluding carboxylic acids is 1. The molecule has 6 heteroatoms. The third kappa shape index (κ3) is 5.55. The lowest BCUT2D eigenvalue weighted by Crippen LogP contribution is -2.63. The Bertz CT molecular complexity index is 401. The number of carboxylic acid groups (broad SMARTS) is 1. The van der Waals surface area contributed by atoms with E-state index >= 15 is 0 Å². The second kappa shape index (κ2) is 8.22. The second-order valence-corrected chi connectivity index (χ2v) is 7.76. The Morgan fingerprint density at radius 2 is 1.61 bits per heavy atom. The van der Waals surface area contributed by atoms with Crippen LogP contribution in [0.5, 0.6) is 0 Å². The van der Waals surface area contributed by atoms with Crippen molar-refractivity contribution in [3.63, 3.8) is 0 Å². The molecule has 2 aliphatic heterocycles. The lowest BCUT2D eigenvalue weighted by atomic mass is 9.95. The molecule has 0 radical (unpaired) electrons. The number of hydrogen-bond acceptors (Lipinski definition) is 4. The summed E-state index contributed by atoms with van der Waals surface area (Å²) in [5.41, 5.74) is 0. The van der Waals surface area contributed by atoms with Crippen molar-refractivity contribution in [2.75, 3.05) is 52.4 Å². The molecular weight excluding hydrogens is 294 g/mol. The summed E-state index contributed by atoms with van der Waals surface area (Å²) in [4.78, 5) is 23.4. The van der Waals surface area contributed by atoms with Gasteiger partial charge in [0.05, 0.1) is 19.6 Å². The van der Waals surface area contributed by atoms with Gasteiger partial charge in [0.2, 0.25) is 0 Å². The van der Waals surface area contributed by atoms with Crippen molar-refractivity contribution in [2.45, 2.75) is 26.7 Å². The highest BCUT2D eigenvalue weighted by atomic mass is 16.4. The van der Waals surface area contributed by atoms with E-state index in [-0.39, 0.29) is 18.2 Å². The number of rotatable bonds is 11. The highest BCUT2D eigenvalue weighted by Crippen LogP contribution is 2.21. The van der Waals surface area contributed by atoms with Gasteiger partial charge in [0.15, 0.2) is 6.54 Å². The van der Waals surface area contributed by atoms with Gasteiger partial charge in [-0.15, -0.1) is 0 Å². The highest BCUT2D eigenvalue weighted by Gasteiger charge is 2.38. The first-order valence-corrected chi connectivity index (χ1v) is 8.91. The monoisotopic (exact) mass is 326 g/mol. The minimum absolute atomic E-state index is 0.0723. The number of nitrogens with zero attached hydrogens (tertiary/aromatic N) is 1. The predicted molar refractivity (Wildman–Crippen MR) is 89.2 cm³/mol. The van der Waals surface area contributed by atoms with Crippen LogP contribution in [-0.2, 0) is 9.59 Å². The van der Waals surface area contributed by atoms with Gasteiger partial charge in [-0.1, -0.05) is 13.8 Å². The summed E-state index contributed by atoms with van der Waals surface area (Å²) in [6.07, 6.45) is 1.37. The van der Waals surface area contributed by atoms with Gasteiger partial charge in [-0.3, -0.25) is 4.79 Å². The van der Waals surface area contributed by atoms with Crippen LogP contribution in [0.2, 0.25) is 0 Å². The Kier molecular flexibility index (Phi) is 6.56. The first-order chi connectivity index (χ1) is 10.9. The minimum atomic E-state index is -0.722. The van der Waals surface area contributed by atoms with Crippen molar-refractivity contribution in [1.29, 1.82) is 0 Å². The fourth-order valence-corrected chi connectivity index (χ4v) is 3.68. The SMILES string of the molecule is CC(C)C(=O)CCC[N+](CC(=O)O)(CC1CNC1)CC1CNC1. The number of Topliss-reactive ketones (excluding diaryl/α,β-unsaturated/α-hetero) is 1. The first-order valence-electron chi connectivity index (χ1n) is 8.91. The van der Waals surface area contributed by atoms with E-state index in [0.717, 1.165) is 52.2 Å². The molecule has 0 aromatic carbocycles. The van der Waals surface area contributed by atoms with Gasteiger partial charge in [0, 0.05) is 56.8 Å². The quantitative estimate of drug-likeness (QED) is 0.477. The van der Waals surface area contributed by atoms with Crippen molar-refractivity contribution in [2.24, 2.45) is 17.8 Å². The van der Waals surface area contributed by atoms with Crippen LogP contribution in [0.1, 0.15) is 26.7 Å². The Labute approximate surface area is 139 Å². The fraction of sp³-hybridized carbons (Fsp3) is 0.882. The van der Waals surface area contributed by atoms with Gasteiger partial charge >= 0.3 is 5.97 Å². The molecular formula is C17H32N3O3+. The van der Waals surface area contributed by atoms with E-state index in [2.05, 4.69) is 10.6 Å². The largest absolute Gasteiger partial charge is 0.477 e. The fourth-order valence-electron chi connectivity index (χ4n) is 3.68. The number of ketones is 1. The van der Waals surface area contributed by atoms with Gasteiger partial charge in [0.1, 0.15) is 5.78 Å². The van der Waals surface area contributed by atoms with Crippen LogP contribution >= 0.6 is 0 Å². The van der Waals surface area contributed by atoms with Crippen molar-refractivity contribution < 1.29 is 19.2 Å². The molecule has 23 heavy (non-hydrogen) atoms. The normalized spacial score (nSPS) is 19.4. The van der Waals surface area contributed by atoms with Crippen LogP contribution < -0.4 is 10.6 Å². The molecule has 2 rings (SSSR count). The van der Waals surface area contributed by atoms with Gasteiger partial charge in [-0.2, -0.15) is 0 Å². The first kappa shape index (κ1) is 18.4. The number of aliphatic carboxylic acids is 1. The molecule has 132 valence electrons. The molecule has 2 heterocycles. The second-order valence-electron chi connectivity index (χ2n) is 7.76. The number of hydrogen-bond donors (Lipinski definition) is 3. The van der Waals surface area contributed by atoms with E-state index in [0.29, 0.717) is 22.7 Å². The van der Waals surface area contributed by atoms with Crippen molar-refractivity contribution >= 4 is 11.8 Å². The zero-order chi connectivity index (χ0) is 16.9. The molecule has 0 saturated carbocycles. The summed E-state index contributed by atoms with van der Waals surface area (Å²) < 4.78 is 0.638. The standard InChI is InChI=1S/C17H31N3O3/c1-13(2)16(21)4-3-5-20(12-17(22)23,10-14-6-18-7-14)11-15-8-19-9-15/h13-15,18-19H,3-12H2,1-2H3/p+1. The van der Waals surface area contributed by atoms with Crippen LogP contribution in [0.15, 0.2) is 0 Å². The van der Waals surface area contributed by atoms with Gasteiger partial charge in [-0.25, -0.2) is 4.79 Å². The third-order valence-electron chi connectivity index (χ3n) is 5.19. The molecule has 0 bridgehead atoms. The molecule has 2 aliphatic rings. The maximum absolute atomic E-state index is 11.9. The Balaban J connectivity index is 1.98. The lowest BCUT2D eigenvalue weighted by molar-refractivity contribution is -0.928. The van der Waals surface area contributed by atoms with Crippen LogP contribution in [-0.4, -0.2) is 73.7 Å². The van der Waals surface area contributed by atoms with Gasteiger partial charge in [-0.05, 0) is 0 Å². The van der Waals surface area contributed by atoms with E-state index < -0.39 is 5.97 Å². The summed E-state index contributed by atoms with van der Waals surface area (Å²) >= 11 is 0. The molecule has 2 saturated heterocycles. The molecule has 0 aromatic heterocycles. The van der Waals surface area contributed by atoms with Crippen LogP contribution in [0.4, 0.5) is 0 Å². The summed E-state index contributed by atoms with van der Waals surface area (Å²) in [5, 5.41) is 16.0. The number of quaternary nitrogens is 1. The Morgan fingerprint density at radius 3 is 1.96 bits per heavy atom. The highest BCUT2D eigenvalue weighted by molar-refractivity contribution is 5.80. The number of carboxylic acids is 1. The predicted octanol–water partition coefficient (Wildman–Crippen LogP) is 0.332. The molecule has 6 nitrogen and oxygen atoms in total. The van der Waals surface area contributed by atoms with E-state index in [1.165, 1.54) is 0 Å². The zero-order valence-electron chi connectivity index (χ0n) is 14.5. The number of nitrogens with one attached hydrogen (secondary N) is 2. The van der Waals surface area contributed by atoms with Crippen molar-refractivity contribution in [1.82, 2.24) is 10.6 Å². The topological polar surface area (TPSA) is 78.4 Å². The number of carbonyl (C=O) groups is 2. The van der Waals surface area contributed by atoms with Gasteiger partial charge in [0.25, 0.3) is 0 Å². The molecule has 0 spiro atoms. The maximum Gasteiger partial charge on any atom is 0.359 e. The van der Waals surface area contributed by atoms with E-state index in [1.807, 2.05) is 13.8 Å². The molecule has 0 unspecified atom stereocenters. The Morgan fingerprint density at radius 1 is 1.09 bits per heavy atom. The van der Waals surface area contributed by atoms with Crippen molar-refractivity contribution in [3.8, 4) is 0 Å². The molecule has 0 aromatic rings. The van der Waals surface area contributed by atoms with Crippen LogP contribution in [0.3, 0.4) is 0 Å². The van der Waals surface area contributed by atoms with Gasteiger partial charge < -0.3 is 20.2 Å². The molecule has 0 atom stereocenters. The van der Waals surface area contributed by atoms with Crippen LogP contribution in [0, 0.1) is 17.8 Å². The van der Waals surface area contributed by atoms with Crippen LogP contribution in [0.25, 0.3) is 0 Å². The minimum Gasteiger partial charge on any atom is -0.477 e. The molecule has 0 amide bonds. The molecule has 2 fully saturated rings. The van der Waals surface area contributed by atoms with Crippen molar-refractivity contribution in [3.05, 3.63) is 0 Å². The van der Waals surface area contributed by atoms with E-state index in [9.17, 15) is 14.7 Å². The third-order valence-corrected chi connectivity index (χ3v) is 5.19. The summed E-state index contributed by atoms with van der Waals surface area (Å²) in [7, 11) is 0.